The number of benzene rings is 1. The van der Waals surface area contributed by atoms with Gasteiger partial charge < -0.3 is 15.4 Å². The molecule has 3 N–H and O–H groups in total. The summed E-state index contributed by atoms with van der Waals surface area (Å²) < 4.78 is 5.16. The third kappa shape index (κ3) is 4.11. The van der Waals surface area contributed by atoms with Crippen LogP contribution >= 0.6 is 11.6 Å². The summed E-state index contributed by atoms with van der Waals surface area (Å²) in [5.74, 6) is 0.0308. The molecule has 0 aliphatic rings. The lowest BCUT2D eigenvalue weighted by Gasteiger charge is -2.32. The van der Waals surface area contributed by atoms with E-state index in [9.17, 15) is 0 Å². The highest BCUT2D eigenvalue weighted by Crippen LogP contribution is 2.26. The van der Waals surface area contributed by atoms with Crippen LogP contribution in [0, 0.1) is 5.41 Å². The van der Waals surface area contributed by atoms with E-state index in [4.69, 9.17) is 27.5 Å². The fourth-order valence-electron chi connectivity index (χ4n) is 1.96. The molecule has 1 aromatic rings. The van der Waals surface area contributed by atoms with Crippen LogP contribution in [0.1, 0.15) is 25.8 Å². The molecule has 4 nitrogen and oxygen atoms in total. The Kier molecular flexibility index (Phi) is 6.12. The van der Waals surface area contributed by atoms with Crippen molar-refractivity contribution in [3.63, 3.8) is 0 Å². The third-order valence-electron chi connectivity index (χ3n) is 3.22. The van der Waals surface area contributed by atoms with Gasteiger partial charge in [-0.1, -0.05) is 18.5 Å². The Hall–Kier alpha value is -1.26. The van der Waals surface area contributed by atoms with Gasteiger partial charge in [0.15, 0.2) is 0 Å². The number of halogens is 1. The molecular formula is C14H22ClN3O. The average molecular weight is 284 g/mol. The fraction of sp³-hybridized carbons (Fsp3) is 0.500. The van der Waals surface area contributed by atoms with Gasteiger partial charge in [-0.3, -0.25) is 5.41 Å². The van der Waals surface area contributed by atoms with Gasteiger partial charge in [-0.15, -0.1) is 0 Å². The Labute approximate surface area is 120 Å². The van der Waals surface area contributed by atoms with E-state index in [0.29, 0.717) is 23.2 Å². The van der Waals surface area contributed by atoms with Crippen LogP contribution in [-0.4, -0.2) is 32.1 Å². The number of anilines is 1. The number of methoxy groups -OCH3 is 1. The molecule has 0 aromatic heterocycles. The zero-order valence-electron chi connectivity index (χ0n) is 11.7. The zero-order valence-corrected chi connectivity index (χ0v) is 12.5. The molecular weight excluding hydrogens is 262 g/mol. The number of nitrogens with one attached hydrogen (secondary N) is 1. The van der Waals surface area contributed by atoms with E-state index in [-0.39, 0.29) is 5.84 Å². The van der Waals surface area contributed by atoms with Gasteiger partial charge in [0.1, 0.15) is 5.84 Å². The van der Waals surface area contributed by atoms with Crippen molar-refractivity contribution < 1.29 is 4.74 Å². The zero-order chi connectivity index (χ0) is 14.4. The normalized spacial score (nSPS) is 12.2. The number of hydrogen-bond acceptors (Lipinski definition) is 3. The molecule has 0 bridgehead atoms. The molecule has 5 heteroatoms. The summed E-state index contributed by atoms with van der Waals surface area (Å²) in [5, 5.41) is 8.29. The van der Waals surface area contributed by atoms with Crippen LogP contribution in [0.3, 0.4) is 0 Å². The van der Waals surface area contributed by atoms with E-state index < -0.39 is 0 Å². The second-order valence-electron chi connectivity index (χ2n) is 4.52. The highest BCUT2D eigenvalue weighted by atomic mass is 35.5. The number of amidine groups is 1. The molecule has 19 heavy (non-hydrogen) atoms. The van der Waals surface area contributed by atoms with Crippen molar-refractivity contribution in [1.29, 1.82) is 5.41 Å². The van der Waals surface area contributed by atoms with Gasteiger partial charge in [-0.2, -0.15) is 0 Å². The van der Waals surface area contributed by atoms with E-state index in [1.54, 1.807) is 13.2 Å². The van der Waals surface area contributed by atoms with Crippen LogP contribution in [0.5, 0.6) is 0 Å². The van der Waals surface area contributed by atoms with Crippen LogP contribution in [-0.2, 0) is 4.74 Å². The smallest absolute Gasteiger partial charge is 0.124 e. The minimum absolute atomic E-state index is 0.0308. The van der Waals surface area contributed by atoms with Gasteiger partial charge in [0.2, 0.25) is 0 Å². The van der Waals surface area contributed by atoms with Gasteiger partial charge in [-0.05, 0) is 31.5 Å². The van der Waals surface area contributed by atoms with E-state index in [1.165, 1.54) is 0 Å². The molecule has 0 spiro atoms. The first kappa shape index (κ1) is 15.8. The summed E-state index contributed by atoms with van der Waals surface area (Å²) in [6.45, 7) is 5.67. The molecule has 1 rings (SSSR count). The highest BCUT2D eigenvalue weighted by molar-refractivity contribution is 6.31. The predicted molar refractivity (Wildman–Crippen MR) is 81.4 cm³/mol. The average Bonchev–Trinajstić information content (AvgIpc) is 2.39. The maximum Gasteiger partial charge on any atom is 0.124 e. The quantitative estimate of drug-likeness (QED) is 0.597. The minimum atomic E-state index is 0.0308. The molecule has 1 unspecified atom stereocenters. The van der Waals surface area contributed by atoms with Crippen LogP contribution in [0.2, 0.25) is 5.02 Å². The van der Waals surface area contributed by atoms with Crippen LogP contribution < -0.4 is 10.6 Å². The largest absolute Gasteiger partial charge is 0.384 e. The fourth-order valence-corrected chi connectivity index (χ4v) is 2.13. The summed E-state index contributed by atoms with van der Waals surface area (Å²) in [5.41, 5.74) is 7.26. The number of nitrogen functional groups attached to an aromatic ring is 1. The molecule has 0 heterocycles. The SMILES string of the molecule is CCC(C)N(CCOC)c1ccc(Cl)cc1C(=N)N. The number of rotatable bonds is 7. The summed E-state index contributed by atoms with van der Waals surface area (Å²) in [6, 6.07) is 5.82. The van der Waals surface area contributed by atoms with Crippen molar-refractivity contribution >= 4 is 23.1 Å². The Morgan fingerprint density at radius 3 is 2.74 bits per heavy atom. The van der Waals surface area contributed by atoms with Gasteiger partial charge in [0.05, 0.1) is 6.61 Å². The van der Waals surface area contributed by atoms with Gasteiger partial charge >= 0.3 is 0 Å². The molecule has 0 amide bonds. The van der Waals surface area contributed by atoms with Gasteiger partial charge in [-0.25, -0.2) is 0 Å². The number of ether oxygens (including phenoxy) is 1. The minimum Gasteiger partial charge on any atom is -0.384 e. The Morgan fingerprint density at radius 1 is 1.53 bits per heavy atom. The molecule has 0 saturated heterocycles. The maximum absolute atomic E-state index is 7.70. The van der Waals surface area contributed by atoms with Crippen molar-refractivity contribution in [2.45, 2.75) is 26.3 Å². The lowest BCUT2D eigenvalue weighted by Crippen LogP contribution is -2.37. The van der Waals surface area contributed by atoms with Crippen molar-refractivity contribution in [1.82, 2.24) is 0 Å². The Morgan fingerprint density at radius 2 is 2.21 bits per heavy atom. The van der Waals surface area contributed by atoms with Crippen molar-refractivity contribution in [2.24, 2.45) is 5.73 Å². The van der Waals surface area contributed by atoms with Crippen LogP contribution in [0.4, 0.5) is 5.69 Å². The van der Waals surface area contributed by atoms with Crippen LogP contribution in [0.25, 0.3) is 0 Å². The van der Waals surface area contributed by atoms with Crippen molar-refractivity contribution in [3.8, 4) is 0 Å². The molecule has 106 valence electrons. The van der Waals surface area contributed by atoms with E-state index in [0.717, 1.165) is 18.7 Å². The molecule has 1 atom stereocenters. The predicted octanol–water partition coefficient (Wildman–Crippen LogP) is 2.88. The Bertz CT molecular complexity index is 437. The van der Waals surface area contributed by atoms with E-state index in [1.807, 2.05) is 12.1 Å². The van der Waals surface area contributed by atoms with Crippen molar-refractivity contribution in [3.05, 3.63) is 28.8 Å². The van der Waals surface area contributed by atoms with E-state index >= 15 is 0 Å². The summed E-state index contributed by atoms with van der Waals surface area (Å²) in [7, 11) is 1.68. The van der Waals surface area contributed by atoms with Gasteiger partial charge in [0, 0.05) is 36.0 Å². The first-order valence-electron chi connectivity index (χ1n) is 6.40. The first-order valence-corrected chi connectivity index (χ1v) is 6.78. The topological polar surface area (TPSA) is 62.3 Å². The van der Waals surface area contributed by atoms with Gasteiger partial charge in [0.25, 0.3) is 0 Å². The molecule has 1 aromatic carbocycles. The highest BCUT2D eigenvalue weighted by Gasteiger charge is 2.17. The Balaban J connectivity index is 3.17. The first-order chi connectivity index (χ1) is 9.01. The standard InChI is InChI=1S/C14H22ClN3O/c1-4-10(2)18(7-8-19-3)13-6-5-11(15)9-12(13)14(16)17/h5-6,9-10H,4,7-8H2,1-3H3,(H3,16,17). The third-order valence-corrected chi connectivity index (χ3v) is 3.45. The molecule has 0 fully saturated rings. The summed E-state index contributed by atoms with van der Waals surface area (Å²) in [4.78, 5) is 2.20. The second kappa shape index (κ2) is 7.36. The van der Waals surface area contributed by atoms with Crippen LogP contribution in [0.15, 0.2) is 18.2 Å². The monoisotopic (exact) mass is 283 g/mol. The van der Waals surface area contributed by atoms with E-state index in [2.05, 4.69) is 18.7 Å². The second-order valence-corrected chi connectivity index (χ2v) is 4.96. The molecule has 0 aliphatic carbocycles. The lowest BCUT2D eigenvalue weighted by atomic mass is 10.1. The maximum atomic E-state index is 7.70. The number of nitrogens with zero attached hydrogens (tertiary/aromatic N) is 1. The van der Waals surface area contributed by atoms with Crippen molar-refractivity contribution in [2.75, 3.05) is 25.2 Å². The molecule has 0 saturated carbocycles. The lowest BCUT2D eigenvalue weighted by molar-refractivity contribution is 0.203. The number of hydrogen-bond donors (Lipinski definition) is 2. The molecule has 0 radical (unpaired) electrons. The summed E-state index contributed by atoms with van der Waals surface area (Å²) in [6.07, 6.45) is 1.00. The summed E-state index contributed by atoms with van der Waals surface area (Å²) >= 11 is 5.99. The number of nitrogens with two attached hydrogens (primary N) is 1. The molecule has 0 aliphatic heterocycles.